The second kappa shape index (κ2) is 12.3. The van der Waals surface area contributed by atoms with Crippen molar-refractivity contribution in [2.45, 2.75) is 50.7 Å². The smallest absolute Gasteiger partial charge is 0.264 e. The quantitative estimate of drug-likeness (QED) is 0.401. The van der Waals surface area contributed by atoms with Gasteiger partial charge in [-0.05, 0) is 69.7 Å². The summed E-state index contributed by atoms with van der Waals surface area (Å²) in [5.74, 6) is -1.04. The lowest BCUT2D eigenvalue weighted by Crippen LogP contribution is -2.54. The van der Waals surface area contributed by atoms with Crippen molar-refractivity contribution in [2.75, 3.05) is 18.0 Å². The zero-order chi connectivity index (χ0) is 28.8. The summed E-state index contributed by atoms with van der Waals surface area (Å²) in [6.45, 7) is 6.42. The Bertz CT molecular complexity index is 1390. The number of hydrogen-bond donors (Lipinski definition) is 1. The highest BCUT2D eigenvalue weighted by Gasteiger charge is 2.33. The molecule has 3 aromatic rings. The first-order valence-corrected chi connectivity index (χ1v) is 13.8. The molecule has 0 saturated heterocycles. The summed E-state index contributed by atoms with van der Waals surface area (Å²) in [4.78, 5) is 28.3. The topological polar surface area (TPSA) is 96.0 Å². The number of ether oxygens (including phenoxy) is 1. The molecule has 0 heterocycles. The number of carbonyl (C=O) groups excluding carboxylic acids is 2. The van der Waals surface area contributed by atoms with Gasteiger partial charge in [0.15, 0.2) is 0 Å². The van der Waals surface area contributed by atoms with Gasteiger partial charge < -0.3 is 15.0 Å². The predicted octanol–water partition coefficient (Wildman–Crippen LogP) is 4.36. The normalized spacial score (nSPS) is 12.4. The largest absolute Gasteiger partial charge is 0.497 e. The summed E-state index contributed by atoms with van der Waals surface area (Å²) in [6.07, 6.45) is 0. The lowest BCUT2D eigenvalue weighted by molar-refractivity contribution is -0.140. The summed E-state index contributed by atoms with van der Waals surface area (Å²) >= 11 is 0. The molecule has 0 bridgehead atoms. The Morgan fingerprint density at radius 2 is 1.62 bits per heavy atom. The van der Waals surface area contributed by atoms with Gasteiger partial charge in [0.1, 0.15) is 24.2 Å². The van der Waals surface area contributed by atoms with Gasteiger partial charge >= 0.3 is 0 Å². The highest BCUT2D eigenvalue weighted by Crippen LogP contribution is 2.27. The Morgan fingerprint density at radius 3 is 2.21 bits per heavy atom. The first-order valence-electron chi connectivity index (χ1n) is 12.4. The van der Waals surface area contributed by atoms with Crippen molar-refractivity contribution in [3.8, 4) is 5.75 Å². The van der Waals surface area contributed by atoms with E-state index in [0.29, 0.717) is 11.3 Å². The van der Waals surface area contributed by atoms with Crippen molar-refractivity contribution in [3.05, 3.63) is 90.2 Å². The Kier molecular flexibility index (Phi) is 9.34. The van der Waals surface area contributed by atoms with E-state index in [9.17, 15) is 22.4 Å². The SMILES string of the molecule is COc1cccc(N(CC(=O)N(Cc2ccc(F)cc2)C(C)C(=O)NC(C)(C)C)S(=O)(=O)c2ccccc2)c1. The van der Waals surface area contributed by atoms with Crippen LogP contribution < -0.4 is 14.4 Å². The summed E-state index contributed by atoms with van der Waals surface area (Å²) < 4.78 is 47.4. The summed E-state index contributed by atoms with van der Waals surface area (Å²) in [7, 11) is -2.72. The molecule has 0 saturated carbocycles. The number of sulfonamides is 1. The van der Waals surface area contributed by atoms with Crippen LogP contribution in [0.3, 0.4) is 0 Å². The Morgan fingerprint density at radius 1 is 0.974 bits per heavy atom. The molecular weight excluding hydrogens is 521 g/mol. The average Bonchev–Trinajstić information content (AvgIpc) is 2.90. The van der Waals surface area contributed by atoms with Crippen LogP contribution in [0, 0.1) is 5.82 Å². The van der Waals surface area contributed by atoms with Gasteiger partial charge in [0.25, 0.3) is 10.0 Å². The third-order valence-electron chi connectivity index (χ3n) is 5.88. The molecule has 3 rings (SSSR count). The van der Waals surface area contributed by atoms with Gasteiger partial charge in [0.2, 0.25) is 11.8 Å². The number of rotatable bonds is 10. The van der Waals surface area contributed by atoms with Crippen LogP contribution in [0.4, 0.5) is 10.1 Å². The van der Waals surface area contributed by atoms with Gasteiger partial charge in [-0.3, -0.25) is 13.9 Å². The monoisotopic (exact) mass is 555 g/mol. The van der Waals surface area contributed by atoms with Crippen molar-refractivity contribution < 1.29 is 27.1 Å². The maximum atomic E-state index is 13.9. The molecule has 10 heteroatoms. The lowest BCUT2D eigenvalue weighted by atomic mass is 10.1. The number of nitrogens with zero attached hydrogens (tertiary/aromatic N) is 2. The minimum Gasteiger partial charge on any atom is -0.497 e. The molecule has 39 heavy (non-hydrogen) atoms. The van der Waals surface area contributed by atoms with Crippen molar-refractivity contribution >= 4 is 27.5 Å². The number of carbonyl (C=O) groups is 2. The Labute approximate surface area is 229 Å². The molecule has 0 aliphatic rings. The summed E-state index contributed by atoms with van der Waals surface area (Å²) in [6, 6.07) is 18.8. The van der Waals surface area contributed by atoms with Crippen molar-refractivity contribution in [2.24, 2.45) is 0 Å². The average molecular weight is 556 g/mol. The lowest BCUT2D eigenvalue weighted by Gasteiger charge is -2.33. The minimum atomic E-state index is -4.18. The molecule has 0 fully saturated rings. The molecule has 1 unspecified atom stereocenters. The van der Waals surface area contributed by atoms with Gasteiger partial charge in [-0.15, -0.1) is 0 Å². The molecule has 1 N–H and O–H groups in total. The van der Waals surface area contributed by atoms with Crippen LogP contribution in [0.15, 0.2) is 83.8 Å². The number of nitrogens with one attached hydrogen (secondary N) is 1. The van der Waals surface area contributed by atoms with Crippen molar-refractivity contribution in [1.82, 2.24) is 10.2 Å². The molecular formula is C29H34FN3O5S. The highest BCUT2D eigenvalue weighted by atomic mass is 32.2. The molecule has 2 amide bonds. The third-order valence-corrected chi connectivity index (χ3v) is 7.67. The van der Waals surface area contributed by atoms with E-state index < -0.39 is 45.8 Å². The van der Waals surface area contributed by atoms with E-state index in [1.165, 1.54) is 54.5 Å². The summed E-state index contributed by atoms with van der Waals surface area (Å²) in [5, 5.41) is 2.86. The Balaban J connectivity index is 2.04. The van der Waals surface area contributed by atoms with Crippen LogP contribution in [0.5, 0.6) is 5.75 Å². The van der Waals surface area contributed by atoms with Crippen molar-refractivity contribution in [1.29, 1.82) is 0 Å². The van der Waals surface area contributed by atoms with Crippen LogP contribution in [-0.2, 0) is 26.2 Å². The number of anilines is 1. The van der Waals surface area contributed by atoms with Gasteiger partial charge in [-0.2, -0.15) is 0 Å². The molecule has 0 aromatic heterocycles. The first-order chi connectivity index (χ1) is 18.3. The van der Waals surface area contributed by atoms with Crippen LogP contribution in [-0.4, -0.2) is 50.4 Å². The maximum Gasteiger partial charge on any atom is 0.264 e. The van der Waals surface area contributed by atoms with Gasteiger partial charge in [-0.25, -0.2) is 12.8 Å². The van der Waals surface area contributed by atoms with E-state index >= 15 is 0 Å². The van der Waals surface area contributed by atoms with Gasteiger partial charge in [0.05, 0.1) is 17.7 Å². The van der Waals surface area contributed by atoms with Crippen LogP contribution in [0.25, 0.3) is 0 Å². The van der Waals surface area contributed by atoms with E-state index in [0.717, 1.165) is 4.31 Å². The number of methoxy groups -OCH3 is 1. The molecule has 208 valence electrons. The molecule has 8 nitrogen and oxygen atoms in total. The molecule has 0 radical (unpaired) electrons. The zero-order valence-corrected chi connectivity index (χ0v) is 23.5. The molecule has 0 aliphatic heterocycles. The number of halogens is 1. The number of amides is 2. The second-order valence-electron chi connectivity index (χ2n) is 10.1. The first kappa shape index (κ1) is 29.6. The van der Waals surface area contributed by atoms with Crippen LogP contribution in [0.1, 0.15) is 33.3 Å². The second-order valence-corrected chi connectivity index (χ2v) is 12.0. The van der Waals surface area contributed by atoms with Gasteiger partial charge in [0, 0.05) is 18.2 Å². The van der Waals surface area contributed by atoms with Crippen LogP contribution >= 0.6 is 0 Å². The van der Waals surface area contributed by atoms with E-state index in [1.807, 2.05) is 20.8 Å². The molecule has 0 spiro atoms. The third kappa shape index (κ3) is 7.79. The fraction of sp³-hybridized carbons (Fsp3) is 0.310. The molecule has 3 aromatic carbocycles. The fourth-order valence-electron chi connectivity index (χ4n) is 3.86. The van der Waals surface area contributed by atoms with Crippen LogP contribution in [0.2, 0.25) is 0 Å². The Hall–Kier alpha value is -3.92. The maximum absolute atomic E-state index is 13.9. The van der Waals surface area contributed by atoms with E-state index in [4.69, 9.17) is 4.74 Å². The predicted molar refractivity (Wildman–Crippen MR) is 148 cm³/mol. The standard InChI is InChI=1S/C29H34FN3O5S/c1-21(28(35)31-29(2,3)4)32(19-22-14-16-23(30)17-15-22)27(34)20-33(24-10-9-11-25(18-24)38-5)39(36,37)26-12-7-6-8-13-26/h6-18,21H,19-20H2,1-5H3,(H,31,35). The van der Waals surface area contributed by atoms with Crippen molar-refractivity contribution in [3.63, 3.8) is 0 Å². The highest BCUT2D eigenvalue weighted by molar-refractivity contribution is 7.92. The summed E-state index contributed by atoms with van der Waals surface area (Å²) in [5.41, 5.74) is 0.248. The number of benzene rings is 3. The molecule has 1 atom stereocenters. The number of hydrogen-bond acceptors (Lipinski definition) is 5. The van der Waals surface area contributed by atoms with E-state index in [2.05, 4.69) is 5.32 Å². The minimum absolute atomic E-state index is 0.00392. The van der Waals surface area contributed by atoms with E-state index in [1.54, 1.807) is 43.3 Å². The molecule has 0 aliphatic carbocycles. The fourth-order valence-corrected chi connectivity index (χ4v) is 5.28. The zero-order valence-electron chi connectivity index (χ0n) is 22.7. The van der Waals surface area contributed by atoms with Gasteiger partial charge in [-0.1, -0.05) is 36.4 Å². The van der Waals surface area contributed by atoms with E-state index in [-0.39, 0.29) is 17.1 Å².